The molecule has 540 valence electrons. The van der Waals surface area contributed by atoms with Crippen LogP contribution in [0.2, 0.25) is 0 Å². The van der Waals surface area contributed by atoms with Crippen molar-refractivity contribution in [1.82, 2.24) is 0 Å². The van der Waals surface area contributed by atoms with Crippen LogP contribution in [0.4, 0.5) is 52.7 Å². The van der Waals surface area contributed by atoms with Crippen LogP contribution < -0.4 is 4.74 Å². The van der Waals surface area contributed by atoms with Crippen molar-refractivity contribution < 1.29 is 128 Å². The van der Waals surface area contributed by atoms with Crippen molar-refractivity contribution in [2.24, 2.45) is 5.92 Å². The third-order valence-corrected chi connectivity index (χ3v) is 17.9. The lowest BCUT2D eigenvalue weighted by molar-refractivity contribution is -0.173. The van der Waals surface area contributed by atoms with E-state index in [1.807, 2.05) is 65.8 Å². The van der Waals surface area contributed by atoms with Crippen molar-refractivity contribution in [3.63, 3.8) is 0 Å². The number of esters is 2. The molecule has 4 aromatic carbocycles. The number of rotatable bonds is 26. The Morgan fingerprint density at radius 3 is 1.27 bits per heavy atom. The average molecular weight is 1480 g/mol. The van der Waals surface area contributed by atoms with Gasteiger partial charge in [-0.3, -0.25) is 0 Å². The SMILES string of the molecule is C=C(C)C(=C)CCc1c(F)c(F)c(S(=O)(=O)[O-])c(F)c1F.C=C(C)C(=C)OCC.C=C(C)C(=O)OC(CC(C)C)C(=O)OCC(C)(F)F.C=C(C)c1ccc(OCC)cc1.O=S(=O)(CC(F)(F)F)[N-]S(=O)(=O)c1ccccc1.O=S(=O)(CC(F)(F)F)[N-]S(=O)(=O)c1ccccc1. The number of benzene rings is 4. The van der Waals surface area contributed by atoms with Gasteiger partial charge in [0.25, 0.3) is 5.92 Å². The van der Waals surface area contributed by atoms with Gasteiger partial charge in [0, 0.05) is 27.9 Å². The lowest BCUT2D eigenvalue weighted by Crippen LogP contribution is -2.33. The molecule has 0 bridgehead atoms. The molecule has 0 amide bonds. The topological polar surface area (TPSA) is 293 Å². The number of ether oxygens (including phenoxy) is 4. The Hall–Kier alpha value is -7.35. The predicted molar refractivity (Wildman–Crippen MR) is 334 cm³/mol. The first-order valence-electron chi connectivity index (χ1n) is 27.1. The van der Waals surface area contributed by atoms with E-state index in [4.69, 9.17) is 14.2 Å². The van der Waals surface area contributed by atoms with Crippen LogP contribution in [0.15, 0.2) is 167 Å². The summed E-state index contributed by atoms with van der Waals surface area (Å²) in [4.78, 5) is 19.9. The highest BCUT2D eigenvalue weighted by molar-refractivity contribution is 8.12. The van der Waals surface area contributed by atoms with Gasteiger partial charge in [-0.1, -0.05) is 119 Å². The molecule has 1 atom stereocenters. The number of allylic oxidation sites excluding steroid dienone is 4. The molecular weight excluding hydrogens is 1410 g/mol. The Morgan fingerprint density at radius 1 is 0.573 bits per heavy atom. The maximum absolute atomic E-state index is 13.6. The molecule has 1 unspecified atom stereocenters. The van der Waals surface area contributed by atoms with Crippen LogP contribution in [0.3, 0.4) is 0 Å². The van der Waals surface area contributed by atoms with Crippen LogP contribution in [-0.4, -0.2) is 114 Å². The maximum atomic E-state index is 13.6. The van der Waals surface area contributed by atoms with E-state index >= 15 is 0 Å². The highest BCUT2D eigenvalue weighted by Crippen LogP contribution is 2.31. The van der Waals surface area contributed by atoms with Crippen LogP contribution >= 0.6 is 0 Å². The van der Waals surface area contributed by atoms with Gasteiger partial charge in [0.1, 0.15) is 58.1 Å². The Morgan fingerprint density at radius 2 is 0.979 bits per heavy atom. The van der Waals surface area contributed by atoms with Crippen molar-refractivity contribution in [2.45, 2.75) is 121 Å². The number of carbonyl (C=O) groups excluding carboxylic acids is 2. The predicted octanol–water partition coefficient (Wildman–Crippen LogP) is 14.4. The van der Waals surface area contributed by atoms with E-state index in [2.05, 4.69) is 52.5 Å². The minimum absolute atomic E-state index is 0.0362. The fourth-order valence-electron chi connectivity index (χ4n) is 6.06. The molecule has 0 saturated heterocycles. The van der Waals surface area contributed by atoms with E-state index in [1.54, 1.807) is 6.92 Å². The van der Waals surface area contributed by atoms with Crippen LogP contribution in [0, 0.1) is 29.2 Å². The summed E-state index contributed by atoms with van der Waals surface area (Å²) in [5, 5.41) is 0. The van der Waals surface area contributed by atoms with Gasteiger partial charge in [-0.2, -0.15) is 26.3 Å². The highest BCUT2D eigenvalue weighted by atomic mass is 32.3. The number of hydrogen-bond donors (Lipinski definition) is 0. The fourth-order valence-corrected chi connectivity index (χ4v) is 12.0. The van der Waals surface area contributed by atoms with E-state index in [1.165, 1.54) is 48.9 Å². The summed E-state index contributed by atoms with van der Waals surface area (Å²) >= 11 is 0. The van der Waals surface area contributed by atoms with Gasteiger partial charge < -0.3 is 31.8 Å². The van der Waals surface area contributed by atoms with Crippen LogP contribution in [0.1, 0.15) is 86.3 Å². The first-order chi connectivity index (χ1) is 43.5. The molecule has 0 aliphatic carbocycles. The monoisotopic (exact) mass is 1480 g/mol. The molecule has 96 heavy (non-hydrogen) atoms. The van der Waals surface area contributed by atoms with E-state index in [0.717, 1.165) is 41.2 Å². The summed E-state index contributed by atoms with van der Waals surface area (Å²) in [5.41, 5.74) is 3.22. The van der Waals surface area contributed by atoms with Crippen molar-refractivity contribution in [2.75, 3.05) is 31.3 Å². The molecule has 0 spiro atoms. The number of alkyl halides is 8. The molecule has 0 aliphatic heterocycles. The van der Waals surface area contributed by atoms with Gasteiger partial charge in [-0.15, -0.1) is 0 Å². The molecule has 0 saturated carbocycles. The molecule has 19 nitrogen and oxygen atoms in total. The fraction of sp³-hybridized carbons (Fsp3) is 0.367. The molecule has 36 heteroatoms. The third kappa shape index (κ3) is 37.8. The van der Waals surface area contributed by atoms with Crippen LogP contribution in [-0.2, 0) is 80.4 Å². The van der Waals surface area contributed by atoms with Crippen molar-refractivity contribution in [1.29, 1.82) is 0 Å². The molecule has 0 N–H and O–H groups in total. The van der Waals surface area contributed by atoms with E-state index in [9.17, 15) is 109 Å². The minimum atomic E-state index is -5.68. The van der Waals surface area contributed by atoms with Crippen molar-refractivity contribution >= 4 is 67.7 Å². The van der Waals surface area contributed by atoms with E-state index in [-0.39, 0.29) is 24.3 Å². The number of carbonyl (C=O) groups is 2. The Kier molecular flexibility index (Phi) is 37.6. The summed E-state index contributed by atoms with van der Waals surface area (Å²) in [5.74, 6) is -16.1. The third-order valence-electron chi connectivity index (χ3n) is 10.5. The highest BCUT2D eigenvalue weighted by Gasteiger charge is 2.35. The van der Waals surface area contributed by atoms with Crippen molar-refractivity contribution in [3.8, 4) is 5.75 Å². The molecule has 0 aliphatic rings. The summed E-state index contributed by atoms with van der Waals surface area (Å²) in [7, 11) is -25.3. The Balaban J connectivity index is 0. The normalized spacial score (nSPS) is 12.0. The lowest BCUT2D eigenvalue weighted by Gasteiger charge is -2.21. The molecule has 0 aromatic heterocycles. The first kappa shape index (κ1) is 90.7. The molecule has 0 heterocycles. The van der Waals surface area contributed by atoms with Gasteiger partial charge >= 0.3 is 24.3 Å². The van der Waals surface area contributed by atoms with E-state index in [0.29, 0.717) is 37.0 Å². The molecule has 0 fully saturated rings. The number of sulfonamides is 4. The first-order valence-corrected chi connectivity index (χ1v) is 34.6. The second-order valence-electron chi connectivity index (χ2n) is 20.2. The Bertz CT molecular complexity index is 3760. The maximum Gasteiger partial charge on any atom is 0.401 e. The van der Waals surface area contributed by atoms with Gasteiger partial charge in [0.05, 0.1) is 33.3 Å². The van der Waals surface area contributed by atoms with Gasteiger partial charge in [-0.25, -0.2) is 78.0 Å². The summed E-state index contributed by atoms with van der Waals surface area (Å²) < 4.78 is 297. The van der Waals surface area contributed by atoms with Crippen molar-refractivity contribution in [3.05, 3.63) is 195 Å². The number of halogens is 12. The zero-order valence-corrected chi connectivity index (χ0v) is 57.1. The van der Waals surface area contributed by atoms with Gasteiger partial charge in [0.15, 0.2) is 36.0 Å². The number of nitrogens with zero attached hydrogens (tertiary/aromatic N) is 2. The minimum Gasteiger partial charge on any atom is -0.744 e. The summed E-state index contributed by atoms with van der Waals surface area (Å²) in [6.45, 7) is 37.0. The lowest BCUT2D eigenvalue weighted by atomic mass is 10.0. The Labute approximate surface area is 551 Å². The van der Waals surface area contributed by atoms with Crippen LogP contribution in [0.25, 0.3) is 13.8 Å². The van der Waals surface area contributed by atoms with Crippen LogP contribution in [0.5, 0.6) is 5.75 Å². The molecular formula is C60H71F12N2O17S5-3. The van der Waals surface area contributed by atoms with Gasteiger partial charge in [-0.05, 0) is 114 Å². The smallest absolute Gasteiger partial charge is 0.401 e. The second-order valence-corrected chi connectivity index (χ2v) is 28.4. The quantitative estimate of drug-likeness (QED) is 0.0107. The standard InChI is InChI=1S/C13H12F4O3S.C13H20F2O4.C11H14O.2C8H7F3NO4S2.C7H12O/c1-6(2)7(3)4-5-8-9(14)11(16)13(21(18,19)20)12(17)10(8)15;1-8(2)6-10(19-11(16)9(3)4)12(17)18-7-13(5,14)15;1-4-12-11-7-5-10(6-8-11)9(2)3;2*9-8(10,11)6-17(13,14)12-18(15,16)7-4-2-1-3-5-7;1-5-8-7(4)6(2)3/h1,3-5H2,2H3,(H,18,19,20);8,10H,3,6-7H2,1-2,4-5H3;5-8H,2,4H2,1,3H3;2*1-5H,6H2;2,4-5H2,1,3H3/q;;;2*-1;/p-1. The summed E-state index contributed by atoms with van der Waals surface area (Å²) in [6, 6.07) is 20.2. The van der Waals surface area contributed by atoms with Gasteiger partial charge in [0.2, 0.25) is 0 Å². The summed E-state index contributed by atoms with van der Waals surface area (Å²) in [6.07, 6.45) is -11.6. The molecule has 0 radical (unpaired) electrons. The zero-order chi connectivity index (χ0) is 75.3. The average Bonchev–Trinajstić information content (AvgIpc) is 0.778. The zero-order valence-electron chi connectivity index (χ0n) is 53.0. The molecule has 4 aromatic rings. The molecule has 4 rings (SSSR count). The number of hydrogen-bond acceptors (Lipinski definition) is 17. The van der Waals surface area contributed by atoms with E-state index < -0.39 is 155 Å². The second kappa shape index (κ2) is 39.8. The largest absolute Gasteiger partial charge is 0.744 e.